The molecular weight excluding hydrogens is 226 g/mol. The summed E-state index contributed by atoms with van der Waals surface area (Å²) < 4.78 is 0. The Morgan fingerprint density at radius 1 is 1.41 bits per heavy atom. The van der Waals surface area contributed by atoms with Crippen molar-refractivity contribution >= 4 is 17.4 Å². The monoisotopic (exact) mass is 251 g/mol. The van der Waals surface area contributed by atoms with E-state index in [1.807, 2.05) is 11.3 Å². The van der Waals surface area contributed by atoms with Crippen molar-refractivity contribution in [3.8, 4) is 0 Å². The van der Waals surface area contributed by atoms with Crippen molar-refractivity contribution < 1.29 is 0 Å². The van der Waals surface area contributed by atoms with E-state index in [0.717, 1.165) is 6.54 Å². The van der Waals surface area contributed by atoms with Crippen molar-refractivity contribution in [3.63, 3.8) is 0 Å². The van der Waals surface area contributed by atoms with E-state index in [1.54, 1.807) is 0 Å². The molecule has 1 rings (SSSR count). The van der Waals surface area contributed by atoms with E-state index >= 15 is 0 Å². The maximum atomic E-state index is 3.57. The normalized spacial score (nSPS) is 13.5. The van der Waals surface area contributed by atoms with Gasteiger partial charge in [-0.2, -0.15) is 0 Å². The smallest absolute Gasteiger partial charge is 0.0299 e. The van der Waals surface area contributed by atoms with Gasteiger partial charge in [-0.25, -0.2) is 0 Å². The van der Waals surface area contributed by atoms with Crippen molar-refractivity contribution in [3.05, 3.63) is 27.5 Å². The van der Waals surface area contributed by atoms with Gasteiger partial charge in [0.25, 0.3) is 0 Å². The summed E-state index contributed by atoms with van der Waals surface area (Å²) in [6.07, 6.45) is 2.35. The molecule has 0 bridgehead atoms. The first-order chi connectivity index (χ1) is 7.79. The highest BCUT2D eigenvalue weighted by Crippen LogP contribution is 2.22. The van der Waals surface area contributed by atoms with Crippen molar-refractivity contribution in [2.75, 3.05) is 6.54 Å². The van der Waals surface area contributed by atoms with Gasteiger partial charge in [0.1, 0.15) is 0 Å². The predicted octanol–water partition coefficient (Wildman–Crippen LogP) is 4.48. The third kappa shape index (κ3) is 5.05. The van der Waals surface area contributed by atoms with Crippen LogP contribution in [0.4, 0.5) is 0 Å². The molecule has 1 aromatic rings. The van der Waals surface area contributed by atoms with Crippen LogP contribution in [0.1, 0.15) is 45.1 Å². The van der Waals surface area contributed by atoms with E-state index in [0.29, 0.717) is 5.92 Å². The molecule has 17 heavy (non-hydrogen) atoms. The van der Waals surface area contributed by atoms with Gasteiger partial charge in [-0.1, -0.05) is 19.4 Å². The number of rotatable bonds is 4. The lowest BCUT2D eigenvalue weighted by atomic mass is 10.00. The molecule has 0 unspecified atom stereocenters. The van der Waals surface area contributed by atoms with Gasteiger partial charge in [-0.3, -0.25) is 0 Å². The molecule has 1 aromatic heterocycles. The zero-order valence-electron chi connectivity index (χ0n) is 11.9. The second-order valence-electron chi connectivity index (χ2n) is 5.95. The fourth-order valence-electron chi connectivity index (χ4n) is 1.49. The molecule has 1 N–H and O–H groups in total. The van der Waals surface area contributed by atoms with Crippen LogP contribution < -0.4 is 5.32 Å². The molecule has 0 aromatic carbocycles. The maximum Gasteiger partial charge on any atom is 0.0299 e. The highest BCUT2D eigenvalue weighted by Gasteiger charge is 2.11. The number of hydrogen-bond donors (Lipinski definition) is 1. The van der Waals surface area contributed by atoms with Crippen LogP contribution in [0.5, 0.6) is 0 Å². The lowest BCUT2D eigenvalue weighted by molar-refractivity contribution is 0.437. The second-order valence-corrected chi connectivity index (χ2v) is 6.89. The van der Waals surface area contributed by atoms with E-state index in [1.165, 1.54) is 16.0 Å². The van der Waals surface area contributed by atoms with Crippen molar-refractivity contribution in [1.29, 1.82) is 0 Å². The molecule has 0 aliphatic rings. The average molecular weight is 251 g/mol. The van der Waals surface area contributed by atoms with Crippen LogP contribution in [0.3, 0.4) is 0 Å². The summed E-state index contributed by atoms with van der Waals surface area (Å²) >= 11 is 1.82. The predicted molar refractivity (Wildman–Crippen MR) is 79.6 cm³/mol. The Labute approximate surface area is 110 Å². The van der Waals surface area contributed by atoms with Crippen LogP contribution in [0.15, 0.2) is 17.0 Å². The maximum absolute atomic E-state index is 3.57. The SMILES string of the molecule is Cc1ccsc1C=C(CNC(C)(C)C)C(C)C. The van der Waals surface area contributed by atoms with E-state index < -0.39 is 0 Å². The van der Waals surface area contributed by atoms with E-state index in [2.05, 4.69) is 64.4 Å². The van der Waals surface area contributed by atoms with Crippen molar-refractivity contribution in [2.24, 2.45) is 5.92 Å². The van der Waals surface area contributed by atoms with Gasteiger partial charge in [0.2, 0.25) is 0 Å². The molecular formula is C15H25NS. The van der Waals surface area contributed by atoms with Gasteiger partial charge in [0.15, 0.2) is 0 Å². The molecule has 0 aliphatic carbocycles. The van der Waals surface area contributed by atoms with Crippen LogP contribution in [-0.2, 0) is 0 Å². The van der Waals surface area contributed by atoms with E-state index in [4.69, 9.17) is 0 Å². The lowest BCUT2D eigenvalue weighted by Crippen LogP contribution is -2.37. The highest BCUT2D eigenvalue weighted by atomic mass is 32.1. The first-order valence-electron chi connectivity index (χ1n) is 6.29. The minimum atomic E-state index is 0.179. The molecule has 0 fully saturated rings. The van der Waals surface area contributed by atoms with E-state index in [9.17, 15) is 0 Å². The summed E-state index contributed by atoms with van der Waals surface area (Å²) in [5.41, 5.74) is 3.03. The minimum absolute atomic E-state index is 0.179. The van der Waals surface area contributed by atoms with Gasteiger partial charge in [0.05, 0.1) is 0 Å². The molecule has 1 nitrogen and oxygen atoms in total. The van der Waals surface area contributed by atoms with Crippen LogP contribution in [0.25, 0.3) is 6.08 Å². The van der Waals surface area contributed by atoms with Crippen LogP contribution >= 0.6 is 11.3 Å². The van der Waals surface area contributed by atoms with Gasteiger partial charge in [-0.05, 0) is 56.7 Å². The van der Waals surface area contributed by atoms with Gasteiger partial charge in [0, 0.05) is 17.0 Å². The van der Waals surface area contributed by atoms with Gasteiger partial charge < -0.3 is 5.32 Å². The Bertz CT molecular complexity index is 380. The van der Waals surface area contributed by atoms with Crippen LogP contribution in [0, 0.1) is 12.8 Å². The Morgan fingerprint density at radius 2 is 2.06 bits per heavy atom. The summed E-state index contributed by atoms with van der Waals surface area (Å²) in [5, 5.41) is 5.73. The molecule has 0 aliphatic heterocycles. The second kappa shape index (κ2) is 5.83. The summed E-state index contributed by atoms with van der Waals surface area (Å²) in [4.78, 5) is 1.39. The summed E-state index contributed by atoms with van der Waals surface area (Å²) in [7, 11) is 0. The molecule has 96 valence electrons. The first-order valence-corrected chi connectivity index (χ1v) is 7.17. The first kappa shape index (κ1) is 14.5. The van der Waals surface area contributed by atoms with E-state index in [-0.39, 0.29) is 5.54 Å². The average Bonchev–Trinajstić information content (AvgIpc) is 2.56. The molecule has 0 radical (unpaired) electrons. The quantitative estimate of drug-likeness (QED) is 0.831. The third-order valence-electron chi connectivity index (χ3n) is 2.78. The third-order valence-corrected chi connectivity index (χ3v) is 3.75. The molecule has 0 saturated heterocycles. The Kier molecular flexibility index (Phi) is 4.96. The molecule has 0 spiro atoms. The Balaban J connectivity index is 2.80. The number of nitrogens with one attached hydrogen (secondary N) is 1. The molecule has 0 saturated carbocycles. The summed E-state index contributed by atoms with van der Waals surface area (Å²) in [6, 6.07) is 2.19. The summed E-state index contributed by atoms with van der Waals surface area (Å²) in [6.45, 7) is 14.3. The summed E-state index contributed by atoms with van der Waals surface area (Å²) in [5.74, 6) is 0.589. The Morgan fingerprint density at radius 3 is 2.47 bits per heavy atom. The highest BCUT2D eigenvalue weighted by molar-refractivity contribution is 7.11. The van der Waals surface area contributed by atoms with Crippen LogP contribution in [-0.4, -0.2) is 12.1 Å². The fraction of sp³-hybridized carbons (Fsp3) is 0.600. The fourth-order valence-corrected chi connectivity index (χ4v) is 2.38. The molecule has 0 atom stereocenters. The van der Waals surface area contributed by atoms with Gasteiger partial charge in [-0.15, -0.1) is 11.3 Å². The molecule has 2 heteroatoms. The number of aryl methyl sites for hydroxylation is 1. The van der Waals surface area contributed by atoms with Crippen LogP contribution in [0.2, 0.25) is 0 Å². The van der Waals surface area contributed by atoms with Crippen molar-refractivity contribution in [2.45, 2.75) is 47.1 Å². The Hall–Kier alpha value is -0.600. The zero-order valence-corrected chi connectivity index (χ0v) is 12.7. The lowest BCUT2D eigenvalue weighted by Gasteiger charge is -2.23. The zero-order chi connectivity index (χ0) is 13.1. The van der Waals surface area contributed by atoms with Crippen molar-refractivity contribution in [1.82, 2.24) is 5.32 Å². The number of thiophene rings is 1. The van der Waals surface area contributed by atoms with Gasteiger partial charge >= 0.3 is 0 Å². The molecule has 1 heterocycles. The standard InChI is InChI=1S/C15H25NS/c1-11(2)13(10-16-15(4,5)6)9-14-12(3)7-8-17-14/h7-9,11,16H,10H2,1-6H3. The molecule has 0 amide bonds. The number of hydrogen-bond acceptors (Lipinski definition) is 2. The largest absolute Gasteiger partial charge is 0.308 e. The minimum Gasteiger partial charge on any atom is -0.308 e. The topological polar surface area (TPSA) is 12.0 Å².